The standard InChI is InChI=1S/C17H27N5.HI/c1-18-17(20-12-14-6-4-5-10-19-14)21-15-9-11-22(13-15)16-7-2-3-8-16;/h4-6,10,15-16H,2-3,7-9,11-13H2,1H3,(H2,18,20,21);1H. The van der Waals surface area contributed by atoms with Crippen LogP contribution in [0.3, 0.4) is 0 Å². The first-order valence-corrected chi connectivity index (χ1v) is 8.46. The second-order valence-electron chi connectivity index (χ2n) is 6.31. The molecule has 1 saturated heterocycles. The van der Waals surface area contributed by atoms with Crippen molar-refractivity contribution in [2.75, 3.05) is 20.1 Å². The molecule has 2 heterocycles. The summed E-state index contributed by atoms with van der Waals surface area (Å²) >= 11 is 0. The highest BCUT2D eigenvalue weighted by molar-refractivity contribution is 14.0. The van der Waals surface area contributed by atoms with E-state index in [1.54, 1.807) is 0 Å². The van der Waals surface area contributed by atoms with Crippen LogP contribution in [0.4, 0.5) is 0 Å². The highest BCUT2D eigenvalue weighted by Crippen LogP contribution is 2.26. The Morgan fingerprint density at radius 1 is 1.30 bits per heavy atom. The Hall–Kier alpha value is -0.890. The van der Waals surface area contributed by atoms with E-state index in [0.29, 0.717) is 12.6 Å². The molecule has 0 bridgehead atoms. The van der Waals surface area contributed by atoms with Crippen molar-refractivity contribution in [1.82, 2.24) is 20.5 Å². The van der Waals surface area contributed by atoms with Crippen LogP contribution < -0.4 is 10.6 Å². The van der Waals surface area contributed by atoms with Gasteiger partial charge in [-0.1, -0.05) is 18.9 Å². The minimum Gasteiger partial charge on any atom is -0.352 e. The van der Waals surface area contributed by atoms with Crippen LogP contribution >= 0.6 is 24.0 Å². The number of guanidine groups is 1. The number of hydrogen-bond acceptors (Lipinski definition) is 3. The van der Waals surface area contributed by atoms with Crippen molar-refractivity contribution in [3.8, 4) is 0 Å². The largest absolute Gasteiger partial charge is 0.352 e. The number of aromatic nitrogens is 1. The SMILES string of the molecule is CN=C(NCc1ccccn1)NC1CCN(C2CCCC2)C1.I. The highest BCUT2D eigenvalue weighted by Gasteiger charge is 2.30. The topological polar surface area (TPSA) is 52.6 Å². The lowest BCUT2D eigenvalue weighted by atomic mass is 10.2. The van der Waals surface area contributed by atoms with Crippen molar-refractivity contribution >= 4 is 29.9 Å². The zero-order chi connectivity index (χ0) is 15.2. The number of pyridine rings is 1. The van der Waals surface area contributed by atoms with E-state index in [1.807, 2.05) is 31.4 Å². The molecule has 2 N–H and O–H groups in total. The van der Waals surface area contributed by atoms with Crippen molar-refractivity contribution < 1.29 is 0 Å². The summed E-state index contributed by atoms with van der Waals surface area (Å²) in [4.78, 5) is 11.3. The van der Waals surface area contributed by atoms with Gasteiger partial charge in [0.25, 0.3) is 0 Å². The van der Waals surface area contributed by atoms with Gasteiger partial charge in [0.15, 0.2) is 5.96 Å². The monoisotopic (exact) mass is 429 g/mol. The van der Waals surface area contributed by atoms with E-state index in [9.17, 15) is 0 Å². The number of hydrogen-bond donors (Lipinski definition) is 2. The van der Waals surface area contributed by atoms with Crippen LogP contribution in [0.15, 0.2) is 29.4 Å². The van der Waals surface area contributed by atoms with Crippen LogP contribution in [-0.4, -0.2) is 48.1 Å². The van der Waals surface area contributed by atoms with Crippen molar-refractivity contribution in [3.63, 3.8) is 0 Å². The molecule has 0 radical (unpaired) electrons. The van der Waals surface area contributed by atoms with E-state index in [0.717, 1.165) is 24.2 Å². The van der Waals surface area contributed by atoms with Crippen molar-refractivity contribution in [1.29, 1.82) is 0 Å². The molecule has 2 fully saturated rings. The maximum atomic E-state index is 4.34. The van der Waals surface area contributed by atoms with E-state index in [2.05, 4.69) is 25.5 Å². The minimum atomic E-state index is 0. The van der Waals surface area contributed by atoms with Crippen LogP contribution in [0.2, 0.25) is 0 Å². The zero-order valence-corrected chi connectivity index (χ0v) is 16.2. The average molecular weight is 429 g/mol. The van der Waals surface area contributed by atoms with Gasteiger partial charge in [0.2, 0.25) is 0 Å². The van der Waals surface area contributed by atoms with Gasteiger partial charge in [0.05, 0.1) is 12.2 Å². The third-order valence-electron chi connectivity index (χ3n) is 4.79. The third kappa shape index (κ3) is 5.31. The molecular weight excluding hydrogens is 401 g/mol. The van der Waals surface area contributed by atoms with Gasteiger partial charge in [-0.25, -0.2) is 0 Å². The van der Waals surface area contributed by atoms with Gasteiger partial charge in [-0.3, -0.25) is 14.9 Å². The summed E-state index contributed by atoms with van der Waals surface area (Å²) in [6.07, 6.45) is 8.63. The Balaban J connectivity index is 0.00000192. The molecular formula is C17H28IN5. The lowest BCUT2D eigenvalue weighted by molar-refractivity contribution is 0.242. The fourth-order valence-corrected chi connectivity index (χ4v) is 3.57. The molecule has 1 aromatic heterocycles. The van der Waals surface area contributed by atoms with Crippen molar-refractivity contribution in [2.45, 2.75) is 50.7 Å². The summed E-state index contributed by atoms with van der Waals surface area (Å²) < 4.78 is 0. The van der Waals surface area contributed by atoms with Crippen LogP contribution in [0.5, 0.6) is 0 Å². The molecule has 3 rings (SSSR count). The average Bonchev–Trinajstić information content (AvgIpc) is 3.23. The molecule has 1 aliphatic carbocycles. The minimum absolute atomic E-state index is 0. The Bertz CT molecular complexity index is 487. The maximum Gasteiger partial charge on any atom is 0.191 e. The molecule has 0 amide bonds. The van der Waals surface area contributed by atoms with Crippen LogP contribution in [-0.2, 0) is 6.54 Å². The summed E-state index contributed by atoms with van der Waals surface area (Å²) in [7, 11) is 1.83. The van der Waals surface area contributed by atoms with Gasteiger partial charge >= 0.3 is 0 Å². The molecule has 1 atom stereocenters. The van der Waals surface area contributed by atoms with Gasteiger partial charge in [-0.15, -0.1) is 24.0 Å². The molecule has 6 heteroatoms. The smallest absolute Gasteiger partial charge is 0.191 e. The fourth-order valence-electron chi connectivity index (χ4n) is 3.57. The van der Waals surface area contributed by atoms with E-state index < -0.39 is 0 Å². The molecule has 5 nitrogen and oxygen atoms in total. The van der Waals surface area contributed by atoms with Crippen LogP contribution in [0.1, 0.15) is 37.8 Å². The van der Waals surface area contributed by atoms with Gasteiger partial charge in [0, 0.05) is 38.4 Å². The summed E-state index contributed by atoms with van der Waals surface area (Å²) in [6, 6.07) is 7.31. The molecule has 1 unspecified atom stereocenters. The Morgan fingerprint density at radius 2 is 2.13 bits per heavy atom. The third-order valence-corrected chi connectivity index (χ3v) is 4.79. The van der Waals surface area contributed by atoms with Crippen LogP contribution in [0.25, 0.3) is 0 Å². The predicted molar refractivity (Wildman–Crippen MR) is 105 cm³/mol. The number of likely N-dealkylation sites (tertiary alicyclic amines) is 1. The maximum absolute atomic E-state index is 4.34. The van der Waals surface area contributed by atoms with Crippen LogP contribution in [0, 0.1) is 0 Å². The first-order chi connectivity index (χ1) is 10.8. The van der Waals surface area contributed by atoms with E-state index in [4.69, 9.17) is 0 Å². The second kappa shape index (κ2) is 9.42. The number of rotatable bonds is 4. The van der Waals surface area contributed by atoms with E-state index >= 15 is 0 Å². The molecule has 2 aliphatic rings. The number of halogens is 1. The summed E-state index contributed by atoms with van der Waals surface area (Å²) in [5.74, 6) is 0.879. The Morgan fingerprint density at radius 3 is 2.83 bits per heavy atom. The van der Waals surface area contributed by atoms with Gasteiger partial charge in [-0.2, -0.15) is 0 Å². The zero-order valence-electron chi connectivity index (χ0n) is 13.9. The molecule has 1 aromatic rings. The molecule has 0 aromatic carbocycles. The normalized spacial score (nSPS) is 22.8. The van der Waals surface area contributed by atoms with Gasteiger partial charge in [-0.05, 0) is 31.4 Å². The lowest BCUT2D eigenvalue weighted by Crippen LogP contribution is -2.45. The molecule has 1 saturated carbocycles. The van der Waals surface area contributed by atoms with Gasteiger partial charge in [0.1, 0.15) is 0 Å². The first-order valence-electron chi connectivity index (χ1n) is 8.46. The van der Waals surface area contributed by atoms with Crippen molar-refractivity contribution in [2.24, 2.45) is 4.99 Å². The lowest BCUT2D eigenvalue weighted by Gasteiger charge is -2.24. The number of aliphatic imine (C=N–C) groups is 1. The molecule has 128 valence electrons. The quantitative estimate of drug-likeness (QED) is 0.439. The van der Waals surface area contributed by atoms with Gasteiger partial charge < -0.3 is 10.6 Å². The molecule has 1 aliphatic heterocycles. The number of nitrogens with one attached hydrogen (secondary N) is 2. The summed E-state index contributed by atoms with van der Waals surface area (Å²) in [6.45, 7) is 3.08. The van der Waals surface area contributed by atoms with Crippen molar-refractivity contribution in [3.05, 3.63) is 30.1 Å². The Labute approximate surface area is 156 Å². The highest BCUT2D eigenvalue weighted by atomic mass is 127. The Kier molecular flexibility index (Phi) is 7.55. The second-order valence-corrected chi connectivity index (χ2v) is 6.31. The molecule has 23 heavy (non-hydrogen) atoms. The number of nitrogens with zero attached hydrogens (tertiary/aromatic N) is 3. The summed E-state index contributed by atoms with van der Waals surface area (Å²) in [5.41, 5.74) is 1.03. The van der Waals surface area contributed by atoms with E-state index in [-0.39, 0.29) is 24.0 Å². The molecule has 0 spiro atoms. The summed E-state index contributed by atoms with van der Waals surface area (Å²) in [5, 5.41) is 6.91. The van der Waals surface area contributed by atoms with E-state index in [1.165, 1.54) is 38.6 Å². The fraction of sp³-hybridized carbons (Fsp3) is 0.647. The predicted octanol–water partition coefficient (Wildman–Crippen LogP) is 2.38. The first kappa shape index (κ1) is 18.4.